The van der Waals surface area contributed by atoms with E-state index >= 15 is 0 Å². The van der Waals surface area contributed by atoms with Gasteiger partial charge in [0.25, 0.3) is 0 Å². The first-order valence-electron chi connectivity index (χ1n) is 8.73. The van der Waals surface area contributed by atoms with Gasteiger partial charge in [-0.1, -0.05) is 16.8 Å². The largest absolute Gasteiger partial charge is 0.383 e. The van der Waals surface area contributed by atoms with Gasteiger partial charge >= 0.3 is 0 Å². The molecule has 0 aliphatic carbocycles. The van der Waals surface area contributed by atoms with Gasteiger partial charge in [-0.05, 0) is 43.7 Å². The molecule has 1 unspecified atom stereocenters. The van der Waals surface area contributed by atoms with E-state index in [1.54, 1.807) is 19.2 Å². The van der Waals surface area contributed by atoms with Gasteiger partial charge < -0.3 is 14.6 Å². The number of hydrogen-bond donors (Lipinski definition) is 1. The molecule has 1 aromatic carbocycles. The molecular weight excluding hydrogens is 356 g/mol. The Labute approximate surface area is 157 Å². The summed E-state index contributed by atoms with van der Waals surface area (Å²) in [6.07, 6.45) is 1.87. The van der Waals surface area contributed by atoms with Gasteiger partial charge in [0.2, 0.25) is 17.6 Å². The summed E-state index contributed by atoms with van der Waals surface area (Å²) in [6, 6.07) is 7.31. The molecule has 2 aromatic rings. The zero-order valence-electron chi connectivity index (χ0n) is 14.8. The quantitative estimate of drug-likeness (QED) is 0.745. The number of carbonyl (C=O) groups excluding carboxylic acids is 1. The van der Waals surface area contributed by atoms with Crippen LogP contribution in [0.25, 0.3) is 11.4 Å². The second-order valence-corrected chi connectivity index (χ2v) is 6.81. The Morgan fingerprint density at radius 3 is 3.00 bits per heavy atom. The topological polar surface area (TPSA) is 80.5 Å². The number of nitrogens with zero attached hydrogens (tertiary/aromatic N) is 3. The van der Waals surface area contributed by atoms with E-state index in [2.05, 4.69) is 20.4 Å². The Morgan fingerprint density at radius 2 is 2.23 bits per heavy atom. The summed E-state index contributed by atoms with van der Waals surface area (Å²) in [5.74, 6) is 1.16. The average Bonchev–Trinajstić information content (AvgIpc) is 3.11. The lowest BCUT2D eigenvalue weighted by Crippen LogP contribution is -2.43. The molecule has 3 rings (SSSR count). The molecule has 1 aromatic heterocycles. The van der Waals surface area contributed by atoms with Crippen molar-refractivity contribution in [2.24, 2.45) is 5.92 Å². The molecule has 1 atom stereocenters. The van der Waals surface area contributed by atoms with Crippen LogP contribution in [0.5, 0.6) is 0 Å². The van der Waals surface area contributed by atoms with Gasteiger partial charge in [-0.15, -0.1) is 0 Å². The fourth-order valence-electron chi connectivity index (χ4n) is 3.06. The molecule has 1 amide bonds. The molecule has 2 heterocycles. The van der Waals surface area contributed by atoms with E-state index in [4.69, 9.17) is 20.9 Å². The van der Waals surface area contributed by atoms with Gasteiger partial charge in [-0.3, -0.25) is 9.69 Å². The molecule has 7 nitrogen and oxygen atoms in total. The van der Waals surface area contributed by atoms with Gasteiger partial charge in [-0.25, -0.2) is 0 Å². The summed E-state index contributed by atoms with van der Waals surface area (Å²) >= 11 is 5.90. The van der Waals surface area contributed by atoms with Gasteiger partial charge in [0, 0.05) is 30.8 Å². The molecule has 1 aliphatic rings. The summed E-state index contributed by atoms with van der Waals surface area (Å²) < 4.78 is 10.3. The zero-order chi connectivity index (χ0) is 18.4. The number of benzene rings is 1. The fraction of sp³-hybridized carbons (Fsp3) is 0.500. The number of ether oxygens (including phenoxy) is 1. The smallest absolute Gasteiger partial charge is 0.241 e. The molecular formula is C18H23ClN4O3. The van der Waals surface area contributed by atoms with E-state index < -0.39 is 0 Å². The number of rotatable bonds is 7. The van der Waals surface area contributed by atoms with Crippen LogP contribution in [0.2, 0.25) is 5.02 Å². The molecule has 1 saturated heterocycles. The number of aromatic nitrogens is 2. The van der Waals surface area contributed by atoms with Crippen molar-refractivity contribution in [2.75, 3.05) is 33.4 Å². The molecule has 1 N–H and O–H groups in total. The molecule has 0 saturated carbocycles. The first kappa shape index (κ1) is 18.8. The minimum atomic E-state index is -0.0146. The lowest BCUT2D eigenvalue weighted by atomic mass is 9.97. The van der Waals surface area contributed by atoms with Crippen molar-refractivity contribution in [3.8, 4) is 11.4 Å². The molecule has 0 bridgehead atoms. The summed E-state index contributed by atoms with van der Waals surface area (Å²) in [5.41, 5.74) is 0.860. The van der Waals surface area contributed by atoms with Gasteiger partial charge in [0.05, 0.1) is 19.1 Å². The van der Waals surface area contributed by atoms with Crippen molar-refractivity contribution in [3.05, 3.63) is 35.2 Å². The first-order chi connectivity index (χ1) is 12.7. The second-order valence-electron chi connectivity index (χ2n) is 6.38. The number of carbonyl (C=O) groups is 1. The molecule has 0 spiro atoms. The summed E-state index contributed by atoms with van der Waals surface area (Å²) in [6.45, 7) is 3.22. The maximum Gasteiger partial charge on any atom is 0.241 e. The normalized spacial score (nSPS) is 18.0. The van der Waals surface area contributed by atoms with Crippen molar-refractivity contribution in [1.29, 1.82) is 0 Å². The van der Waals surface area contributed by atoms with E-state index in [0.29, 0.717) is 43.0 Å². The maximum absolute atomic E-state index is 12.2. The predicted octanol–water partition coefficient (Wildman–Crippen LogP) is 2.36. The Kier molecular flexibility index (Phi) is 6.60. The van der Waals surface area contributed by atoms with Crippen LogP contribution in [0.15, 0.2) is 28.8 Å². The van der Waals surface area contributed by atoms with Gasteiger partial charge in [0.1, 0.15) is 0 Å². The third-order valence-corrected chi connectivity index (χ3v) is 4.66. The van der Waals surface area contributed by atoms with Crippen LogP contribution in [0.3, 0.4) is 0 Å². The number of hydrogen-bond acceptors (Lipinski definition) is 6. The van der Waals surface area contributed by atoms with E-state index in [-0.39, 0.29) is 11.8 Å². The van der Waals surface area contributed by atoms with Crippen LogP contribution in [0.1, 0.15) is 18.7 Å². The summed E-state index contributed by atoms with van der Waals surface area (Å²) in [7, 11) is 1.62. The van der Waals surface area contributed by atoms with Crippen molar-refractivity contribution < 1.29 is 14.1 Å². The number of piperidine rings is 1. The molecule has 1 fully saturated rings. The minimum Gasteiger partial charge on any atom is -0.383 e. The van der Waals surface area contributed by atoms with E-state index in [9.17, 15) is 4.79 Å². The highest BCUT2D eigenvalue weighted by Crippen LogP contribution is 2.21. The van der Waals surface area contributed by atoms with Crippen molar-refractivity contribution >= 4 is 17.5 Å². The van der Waals surface area contributed by atoms with Crippen LogP contribution in [-0.4, -0.2) is 54.3 Å². The summed E-state index contributed by atoms with van der Waals surface area (Å²) in [5, 5.41) is 7.62. The lowest BCUT2D eigenvalue weighted by molar-refractivity contribution is -0.127. The number of halogens is 1. The van der Waals surface area contributed by atoms with Crippen molar-refractivity contribution in [3.63, 3.8) is 0 Å². The predicted molar refractivity (Wildman–Crippen MR) is 97.6 cm³/mol. The molecule has 140 valence electrons. The SMILES string of the molecule is COCCNC(=O)C1CCCN(Cc2nc(-c3ccc(Cl)cc3)no2)C1. The highest BCUT2D eigenvalue weighted by Gasteiger charge is 2.26. The Balaban J connectivity index is 1.55. The first-order valence-corrected chi connectivity index (χ1v) is 9.11. The Morgan fingerprint density at radius 1 is 1.42 bits per heavy atom. The lowest BCUT2D eigenvalue weighted by Gasteiger charge is -2.30. The van der Waals surface area contributed by atoms with E-state index in [1.807, 2.05) is 12.1 Å². The van der Waals surface area contributed by atoms with E-state index in [1.165, 1.54) is 0 Å². The average molecular weight is 379 g/mol. The maximum atomic E-state index is 12.2. The molecule has 1 aliphatic heterocycles. The number of likely N-dealkylation sites (tertiary alicyclic amines) is 1. The molecule has 26 heavy (non-hydrogen) atoms. The Hall–Kier alpha value is -1.96. The van der Waals surface area contributed by atoms with Crippen LogP contribution < -0.4 is 5.32 Å². The number of nitrogens with one attached hydrogen (secondary N) is 1. The minimum absolute atomic E-state index is 0.0146. The van der Waals surface area contributed by atoms with Crippen molar-refractivity contribution in [1.82, 2.24) is 20.4 Å². The van der Waals surface area contributed by atoms with Crippen LogP contribution in [0.4, 0.5) is 0 Å². The van der Waals surface area contributed by atoms with Gasteiger partial charge in [0.15, 0.2) is 0 Å². The standard InChI is InChI=1S/C18H23ClN4O3/c1-25-10-8-20-18(24)14-3-2-9-23(11-14)12-16-21-17(22-26-16)13-4-6-15(19)7-5-13/h4-7,14H,2-3,8-12H2,1H3,(H,20,24). The van der Waals surface area contributed by atoms with Crippen molar-refractivity contribution in [2.45, 2.75) is 19.4 Å². The van der Waals surface area contributed by atoms with Crippen LogP contribution in [0, 0.1) is 5.92 Å². The van der Waals surface area contributed by atoms with Gasteiger partial charge in [-0.2, -0.15) is 4.98 Å². The highest BCUT2D eigenvalue weighted by molar-refractivity contribution is 6.30. The summed E-state index contributed by atoms with van der Waals surface area (Å²) in [4.78, 5) is 18.9. The Bertz CT molecular complexity index is 719. The monoisotopic (exact) mass is 378 g/mol. The fourth-order valence-corrected chi connectivity index (χ4v) is 3.19. The highest BCUT2D eigenvalue weighted by atomic mass is 35.5. The molecule has 0 radical (unpaired) electrons. The number of amides is 1. The van der Waals surface area contributed by atoms with Crippen LogP contribution in [-0.2, 0) is 16.1 Å². The van der Waals surface area contributed by atoms with Crippen LogP contribution >= 0.6 is 11.6 Å². The third kappa shape index (κ3) is 5.03. The number of methoxy groups -OCH3 is 1. The zero-order valence-corrected chi connectivity index (χ0v) is 15.5. The van der Waals surface area contributed by atoms with E-state index in [0.717, 1.165) is 24.9 Å². The molecule has 8 heteroatoms. The second kappa shape index (κ2) is 9.12. The third-order valence-electron chi connectivity index (χ3n) is 4.41.